The highest BCUT2D eigenvalue weighted by atomic mass is 32.1. The molecule has 0 saturated carbocycles. The number of para-hydroxylation sites is 2. The van der Waals surface area contributed by atoms with E-state index in [1.54, 1.807) is 11.3 Å². The summed E-state index contributed by atoms with van der Waals surface area (Å²) in [6.07, 6.45) is 0. The fraction of sp³-hybridized carbons (Fsp3) is 0.0952. The van der Waals surface area contributed by atoms with E-state index in [2.05, 4.69) is 67.7 Å². The van der Waals surface area contributed by atoms with Crippen LogP contribution in [0, 0.1) is 13.8 Å². The highest BCUT2D eigenvalue weighted by Gasteiger charge is 2.13. The van der Waals surface area contributed by atoms with Gasteiger partial charge in [-0.15, -0.1) is 0 Å². The number of aryl methyl sites for hydroxylation is 2. The van der Waals surface area contributed by atoms with E-state index >= 15 is 0 Å². The van der Waals surface area contributed by atoms with Crippen molar-refractivity contribution in [2.45, 2.75) is 13.8 Å². The number of nitrogens with one attached hydrogen (secondary N) is 1. The lowest BCUT2D eigenvalue weighted by Crippen LogP contribution is -1.90. The Morgan fingerprint density at radius 2 is 1.50 bits per heavy atom. The molecule has 4 aromatic rings. The van der Waals surface area contributed by atoms with Gasteiger partial charge in [0.1, 0.15) is 0 Å². The summed E-state index contributed by atoms with van der Waals surface area (Å²) < 4.78 is 1.20. The van der Waals surface area contributed by atoms with Crippen LogP contribution < -0.4 is 5.32 Å². The largest absolute Gasteiger partial charge is 0.332 e. The van der Waals surface area contributed by atoms with Gasteiger partial charge < -0.3 is 5.32 Å². The maximum Gasteiger partial charge on any atom is 0.188 e. The molecule has 1 aromatic heterocycles. The molecule has 2 nitrogen and oxygen atoms in total. The summed E-state index contributed by atoms with van der Waals surface area (Å²) in [5.41, 5.74) is 7.20. The fourth-order valence-corrected chi connectivity index (χ4v) is 4.00. The van der Waals surface area contributed by atoms with E-state index in [9.17, 15) is 0 Å². The van der Waals surface area contributed by atoms with E-state index in [0.717, 1.165) is 16.3 Å². The van der Waals surface area contributed by atoms with Crippen LogP contribution in [0.25, 0.3) is 21.3 Å². The van der Waals surface area contributed by atoms with Gasteiger partial charge in [-0.2, -0.15) is 0 Å². The molecule has 3 aromatic carbocycles. The second-order valence-corrected chi connectivity index (χ2v) is 6.96. The van der Waals surface area contributed by atoms with E-state index in [1.807, 2.05) is 18.2 Å². The second-order valence-electron chi connectivity index (χ2n) is 5.93. The lowest BCUT2D eigenvalue weighted by Gasteiger charge is -2.10. The third kappa shape index (κ3) is 2.68. The quantitative estimate of drug-likeness (QED) is 0.475. The molecule has 0 bridgehead atoms. The SMILES string of the molecule is Cc1cccc(C)c1-c1cccc2sc(Nc3ccccc3)nc12. The maximum absolute atomic E-state index is 4.87. The van der Waals surface area contributed by atoms with Crippen molar-refractivity contribution in [3.8, 4) is 11.1 Å². The third-order valence-corrected chi connectivity index (χ3v) is 5.13. The monoisotopic (exact) mass is 330 g/mol. The first-order chi connectivity index (χ1) is 11.7. The summed E-state index contributed by atoms with van der Waals surface area (Å²) in [6.45, 7) is 4.33. The van der Waals surface area contributed by atoms with Gasteiger partial charge in [0.2, 0.25) is 0 Å². The number of hydrogen-bond donors (Lipinski definition) is 1. The van der Waals surface area contributed by atoms with Gasteiger partial charge in [0.25, 0.3) is 0 Å². The van der Waals surface area contributed by atoms with Crippen molar-refractivity contribution in [1.29, 1.82) is 0 Å². The fourth-order valence-electron chi connectivity index (χ4n) is 3.09. The summed E-state index contributed by atoms with van der Waals surface area (Å²) in [5, 5.41) is 4.33. The first-order valence-electron chi connectivity index (χ1n) is 8.00. The molecule has 0 amide bonds. The Hall–Kier alpha value is -2.65. The van der Waals surface area contributed by atoms with Crippen molar-refractivity contribution in [2.24, 2.45) is 0 Å². The van der Waals surface area contributed by atoms with Crippen LogP contribution in [0.2, 0.25) is 0 Å². The number of hydrogen-bond acceptors (Lipinski definition) is 3. The summed E-state index contributed by atoms with van der Waals surface area (Å²) >= 11 is 1.69. The van der Waals surface area contributed by atoms with E-state index in [1.165, 1.54) is 27.0 Å². The molecule has 0 saturated heterocycles. The standard InChI is InChI=1S/C21H18N2S/c1-14-8-6-9-15(2)19(14)17-12-7-13-18-20(17)23-21(24-18)22-16-10-4-3-5-11-16/h3-13H,1-2H3,(H,22,23). The summed E-state index contributed by atoms with van der Waals surface area (Å²) in [7, 11) is 0. The van der Waals surface area contributed by atoms with E-state index < -0.39 is 0 Å². The zero-order valence-corrected chi connectivity index (χ0v) is 14.5. The molecular weight excluding hydrogens is 312 g/mol. The predicted octanol–water partition coefficient (Wildman–Crippen LogP) is 6.32. The molecular formula is C21H18N2S. The van der Waals surface area contributed by atoms with Crippen molar-refractivity contribution in [3.63, 3.8) is 0 Å². The van der Waals surface area contributed by atoms with Gasteiger partial charge >= 0.3 is 0 Å². The van der Waals surface area contributed by atoms with Crippen LogP contribution in [0.15, 0.2) is 66.7 Å². The number of rotatable bonds is 3. The van der Waals surface area contributed by atoms with Crippen molar-refractivity contribution < 1.29 is 0 Å². The van der Waals surface area contributed by atoms with Gasteiger partial charge in [0, 0.05) is 11.3 Å². The van der Waals surface area contributed by atoms with Gasteiger partial charge in [-0.1, -0.05) is 59.9 Å². The smallest absolute Gasteiger partial charge is 0.188 e. The van der Waals surface area contributed by atoms with Crippen LogP contribution in [0.3, 0.4) is 0 Å². The molecule has 0 unspecified atom stereocenters. The molecule has 0 aliphatic rings. The predicted molar refractivity (Wildman–Crippen MR) is 104 cm³/mol. The number of nitrogens with zero attached hydrogens (tertiary/aromatic N) is 1. The highest BCUT2D eigenvalue weighted by molar-refractivity contribution is 7.22. The molecule has 1 heterocycles. The Balaban J connectivity index is 1.84. The minimum atomic E-state index is 0.926. The molecule has 0 aliphatic carbocycles. The van der Waals surface area contributed by atoms with Crippen molar-refractivity contribution in [3.05, 3.63) is 77.9 Å². The molecule has 118 valence electrons. The molecule has 1 N–H and O–H groups in total. The van der Waals surface area contributed by atoms with E-state index in [0.29, 0.717) is 0 Å². The zero-order valence-electron chi connectivity index (χ0n) is 13.7. The average Bonchev–Trinajstić information content (AvgIpc) is 2.99. The van der Waals surface area contributed by atoms with Crippen molar-refractivity contribution >= 4 is 32.4 Å². The van der Waals surface area contributed by atoms with E-state index in [4.69, 9.17) is 4.98 Å². The van der Waals surface area contributed by atoms with Crippen LogP contribution >= 0.6 is 11.3 Å². The molecule has 0 spiro atoms. The first-order valence-corrected chi connectivity index (χ1v) is 8.82. The van der Waals surface area contributed by atoms with Gasteiger partial charge in [-0.05, 0) is 48.7 Å². The van der Waals surface area contributed by atoms with Crippen LogP contribution in [-0.4, -0.2) is 4.98 Å². The average molecular weight is 330 g/mol. The number of fused-ring (bicyclic) bond motifs is 1. The Morgan fingerprint density at radius 1 is 0.792 bits per heavy atom. The molecule has 3 heteroatoms. The van der Waals surface area contributed by atoms with Crippen LogP contribution in [-0.2, 0) is 0 Å². The topological polar surface area (TPSA) is 24.9 Å². The van der Waals surface area contributed by atoms with Crippen LogP contribution in [0.4, 0.5) is 10.8 Å². The molecule has 24 heavy (non-hydrogen) atoms. The molecule has 4 rings (SSSR count). The third-order valence-electron chi connectivity index (χ3n) is 4.19. The maximum atomic E-state index is 4.87. The normalized spacial score (nSPS) is 10.9. The summed E-state index contributed by atoms with van der Waals surface area (Å²) in [4.78, 5) is 4.87. The minimum absolute atomic E-state index is 0.926. The number of aromatic nitrogens is 1. The lowest BCUT2D eigenvalue weighted by molar-refractivity contribution is 1.37. The van der Waals surface area contributed by atoms with Gasteiger partial charge in [0.05, 0.1) is 10.2 Å². The van der Waals surface area contributed by atoms with Crippen LogP contribution in [0.5, 0.6) is 0 Å². The molecule has 0 atom stereocenters. The number of thiazole rings is 1. The zero-order chi connectivity index (χ0) is 16.5. The first kappa shape index (κ1) is 14.9. The Bertz CT molecular complexity index is 983. The summed E-state index contributed by atoms with van der Waals surface area (Å²) in [6, 6.07) is 23.0. The minimum Gasteiger partial charge on any atom is -0.332 e. The Morgan fingerprint density at radius 3 is 2.25 bits per heavy atom. The number of anilines is 2. The van der Waals surface area contributed by atoms with Gasteiger partial charge in [-0.25, -0.2) is 4.98 Å². The second kappa shape index (κ2) is 6.10. The highest BCUT2D eigenvalue weighted by Crippen LogP contribution is 2.37. The Kier molecular flexibility index (Phi) is 3.79. The number of benzene rings is 3. The van der Waals surface area contributed by atoms with Gasteiger partial charge in [0.15, 0.2) is 5.13 Å². The Labute approximate surface area is 145 Å². The lowest BCUT2D eigenvalue weighted by atomic mass is 9.95. The molecule has 0 fully saturated rings. The summed E-state index contributed by atoms with van der Waals surface area (Å²) in [5.74, 6) is 0. The van der Waals surface area contributed by atoms with Crippen LogP contribution in [0.1, 0.15) is 11.1 Å². The molecule has 0 radical (unpaired) electrons. The van der Waals surface area contributed by atoms with E-state index in [-0.39, 0.29) is 0 Å². The van der Waals surface area contributed by atoms with Gasteiger partial charge in [-0.3, -0.25) is 0 Å². The molecule has 0 aliphatic heterocycles. The van der Waals surface area contributed by atoms with Crippen molar-refractivity contribution in [2.75, 3.05) is 5.32 Å². The van der Waals surface area contributed by atoms with Crippen molar-refractivity contribution in [1.82, 2.24) is 4.98 Å².